The summed E-state index contributed by atoms with van der Waals surface area (Å²) in [6, 6.07) is 0. The van der Waals surface area contributed by atoms with Crippen LogP contribution < -0.4 is 0 Å². The molecule has 1 spiro atoms. The van der Waals surface area contributed by atoms with Gasteiger partial charge >= 0.3 is 11.9 Å². The van der Waals surface area contributed by atoms with E-state index in [4.69, 9.17) is 9.47 Å². The maximum absolute atomic E-state index is 12.8. The Hall–Kier alpha value is -1.14. The van der Waals surface area contributed by atoms with E-state index >= 15 is 0 Å². The number of hydrogen-bond acceptors (Lipinski definition) is 6. The molecule has 36 heavy (non-hydrogen) atoms. The van der Waals surface area contributed by atoms with Gasteiger partial charge in [0, 0.05) is 11.8 Å². The number of carbonyl (C=O) groups is 2. The largest absolute Gasteiger partial charge is 0.465 e. The molecular formula is C30H48O6. The summed E-state index contributed by atoms with van der Waals surface area (Å²) in [5, 5.41) is 22.3. The van der Waals surface area contributed by atoms with Crippen molar-refractivity contribution in [2.75, 3.05) is 6.61 Å². The number of cyclic esters (lactones) is 2. The van der Waals surface area contributed by atoms with Crippen LogP contribution in [0.4, 0.5) is 0 Å². The first kappa shape index (κ1) is 26.5. The monoisotopic (exact) mass is 504 g/mol. The van der Waals surface area contributed by atoms with Gasteiger partial charge in [-0.15, -0.1) is 0 Å². The third-order valence-electron chi connectivity index (χ3n) is 12.6. The average Bonchev–Trinajstić information content (AvgIpc) is 3.34. The van der Waals surface area contributed by atoms with Crippen molar-refractivity contribution in [1.82, 2.24) is 0 Å². The number of aliphatic hydroxyl groups is 2. The molecule has 0 aromatic carbocycles. The molecule has 11 atom stereocenters. The van der Waals surface area contributed by atoms with E-state index in [1.165, 1.54) is 0 Å². The van der Waals surface area contributed by atoms with Crippen LogP contribution in [0.3, 0.4) is 0 Å². The van der Waals surface area contributed by atoms with E-state index < -0.39 is 6.10 Å². The van der Waals surface area contributed by atoms with Crippen LogP contribution in [0.25, 0.3) is 0 Å². The topological polar surface area (TPSA) is 93.1 Å². The second-order valence-corrected chi connectivity index (χ2v) is 14.5. The zero-order valence-electron chi connectivity index (χ0n) is 23.2. The zero-order valence-corrected chi connectivity index (χ0v) is 23.2. The van der Waals surface area contributed by atoms with E-state index in [0.717, 1.165) is 38.5 Å². The maximum Gasteiger partial charge on any atom is 0.309 e. The molecule has 0 aromatic rings. The molecule has 6 heteroatoms. The summed E-state index contributed by atoms with van der Waals surface area (Å²) < 4.78 is 11.3. The molecular weight excluding hydrogens is 456 g/mol. The van der Waals surface area contributed by atoms with E-state index in [-0.39, 0.29) is 63.6 Å². The number of esters is 2. The maximum atomic E-state index is 12.8. The number of hydrogen-bond donors (Lipinski definition) is 2. The number of rotatable bonds is 4. The molecule has 0 radical (unpaired) electrons. The molecule has 3 saturated carbocycles. The Bertz CT molecular complexity index is 900. The second-order valence-electron chi connectivity index (χ2n) is 14.5. The van der Waals surface area contributed by atoms with E-state index in [2.05, 4.69) is 34.6 Å². The van der Waals surface area contributed by atoms with Crippen LogP contribution in [0.2, 0.25) is 0 Å². The SMILES string of the molecule is C[C@H]([C@H]1CC[C@@H]2[C@@]3(C)CC[C@H](O)C(C)(C)C3CC[C@@]2(C)[C@@]12COC(=O)C2)[C@@H](O)C[C@@H]1C[C@H](C)C(=O)O1. The minimum absolute atomic E-state index is 0.0120. The molecule has 1 unspecified atom stereocenters. The number of aliphatic hydroxyl groups excluding tert-OH is 2. The van der Waals surface area contributed by atoms with Crippen molar-refractivity contribution >= 4 is 11.9 Å². The summed E-state index contributed by atoms with van der Waals surface area (Å²) in [5.41, 5.74) is -0.343. The molecule has 2 saturated heterocycles. The van der Waals surface area contributed by atoms with Crippen molar-refractivity contribution in [3.8, 4) is 0 Å². The first-order valence-electron chi connectivity index (χ1n) is 14.5. The average molecular weight is 505 g/mol. The fourth-order valence-electron chi connectivity index (χ4n) is 10.5. The van der Waals surface area contributed by atoms with Crippen molar-refractivity contribution in [3.63, 3.8) is 0 Å². The van der Waals surface area contributed by atoms with Gasteiger partial charge in [0.15, 0.2) is 0 Å². The lowest BCUT2D eigenvalue weighted by molar-refractivity contribution is -0.235. The molecule has 5 fully saturated rings. The molecule has 2 aliphatic heterocycles. The van der Waals surface area contributed by atoms with Gasteiger partial charge < -0.3 is 19.7 Å². The van der Waals surface area contributed by atoms with Crippen LogP contribution in [-0.2, 0) is 19.1 Å². The van der Waals surface area contributed by atoms with Crippen LogP contribution >= 0.6 is 0 Å². The predicted octanol–water partition coefficient (Wildman–Crippen LogP) is 4.89. The lowest BCUT2D eigenvalue weighted by Gasteiger charge is -2.70. The van der Waals surface area contributed by atoms with Gasteiger partial charge in [-0.05, 0) is 84.9 Å². The van der Waals surface area contributed by atoms with E-state index in [9.17, 15) is 19.8 Å². The third-order valence-corrected chi connectivity index (χ3v) is 12.6. The molecule has 0 amide bonds. The summed E-state index contributed by atoms with van der Waals surface area (Å²) in [5.74, 6) is 0.716. The zero-order chi connectivity index (χ0) is 26.3. The highest BCUT2D eigenvalue weighted by Crippen LogP contribution is 2.74. The Balaban J connectivity index is 1.45. The first-order valence-corrected chi connectivity index (χ1v) is 14.5. The van der Waals surface area contributed by atoms with Crippen LogP contribution in [-0.4, -0.2) is 47.1 Å². The normalized spacial score (nSPS) is 49.7. The highest BCUT2D eigenvalue weighted by atomic mass is 16.6. The van der Waals surface area contributed by atoms with Crippen LogP contribution in [0.15, 0.2) is 0 Å². The third kappa shape index (κ3) is 3.63. The highest BCUT2D eigenvalue weighted by molar-refractivity contribution is 5.74. The van der Waals surface area contributed by atoms with Gasteiger partial charge in [-0.25, -0.2) is 0 Å². The number of fused-ring (bicyclic) bond motifs is 4. The number of ether oxygens (including phenoxy) is 2. The minimum Gasteiger partial charge on any atom is -0.465 e. The molecule has 204 valence electrons. The van der Waals surface area contributed by atoms with Gasteiger partial charge in [-0.1, -0.05) is 41.5 Å². The van der Waals surface area contributed by atoms with Gasteiger partial charge in [0.25, 0.3) is 0 Å². The Morgan fingerprint density at radius 3 is 2.36 bits per heavy atom. The molecule has 2 heterocycles. The van der Waals surface area contributed by atoms with Crippen molar-refractivity contribution in [2.45, 2.75) is 118 Å². The van der Waals surface area contributed by atoms with E-state index in [1.807, 2.05) is 6.92 Å². The Morgan fingerprint density at radius 2 is 1.75 bits per heavy atom. The van der Waals surface area contributed by atoms with Crippen LogP contribution in [0, 0.1) is 51.2 Å². The Kier molecular flexibility index (Phi) is 6.39. The van der Waals surface area contributed by atoms with Crippen molar-refractivity contribution in [2.24, 2.45) is 51.2 Å². The Morgan fingerprint density at radius 1 is 1.03 bits per heavy atom. The summed E-state index contributed by atoms with van der Waals surface area (Å²) in [6.45, 7) is 13.9. The second kappa shape index (κ2) is 8.69. The standard InChI is InChI=1S/C30H48O6/c1-17-13-19(36-26(17)34)14-21(31)18(2)20-7-8-23-28(5)11-10-24(32)27(3,4)22(28)9-12-29(23,6)30(20)15-25(33)35-16-30/h17-24,31-32H,7-16H2,1-6H3/t17-,18+,19-,20+,21-,22?,23+,24-,28-,29+,30-/m0/s1. The molecule has 5 rings (SSSR count). The van der Waals surface area contributed by atoms with E-state index in [1.54, 1.807) is 0 Å². The first-order chi connectivity index (χ1) is 16.8. The number of carbonyl (C=O) groups excluding carboxylic acids is 2. The predicted molar refractivity (Wildman–Crippen MR) is 136 cm³/mol. The van der Waals surface area contributed by atoms with Gasteiger partial charge in [0.05, 0.1) is 31.2 Å². The van der Waals surface area contributed by atoms with Gasteiger partial charge in [-0.3, -0.25) is 9.59 Å². The van der Waals surface area contributed by atoms with E-state index in [0.29, 0.717) is 37.7 Å². The lowest BCUT2D eigenvalue weighted by atomic mass is 9.34. The van der Waals surface area contributed by atoms with Gasteiger partial charge in [0.1, 0.15) is 6.10 Å². The van der Waals surface area contributed by atoms with Crippen molar-refractivity contribution in [3.05, 3.63) is 0 Å². The fraction of sp³-hybridized carbons (Fsp3) is 0.933. The summed E-state index contributed by atoms with van der Waals surface area (Å²) >= 11 is 0. The van der Waals surface area contributed by atoms with Crippen LogP contribution in [0.5, 0.6) is 0 Å². The molecule has 5 aliphatic rings. The van der Waals surface area contributed by atoms with Gasteiger partial charge in [-0.2, -0.15) is 0 Å². The quantitative estimate of drug-likeness (QED) is 0.530. The molecule has 6 nitrogen and oxygen atoms in total. The highest BCUT2D eigenvalue weighted by Gasteiger charge is 2.70. The summed E-state index contributed by atoms with van der Waals surface area (Å²) in [7, 11) is 0. The molecule has 2 N–H and O–H groups in total. The summed E-state index contributed by atoms with van der Waals surface area (Å²) in [6.07, 6.45) is 6.52. The van der Waals surface area contributed by atoms with Crippen molar-refractivity contribution in [1.29, 1.82) is 0 Å². The van der Waals surface area contributed by atoms with Crippen LogP contribution in [0.1, 0.15) is 99.3 Å². The molecule has 0 bridgehead atoms. The van der Waals surface area contributed by atoms with Crippen molar-refractivity contribution < 1.29 is 29.3 Å². The summed E-state index contributed by atoms with van der Waals surface area (Å²) in [4.78, 5) is 24.7. The van der Waals surface area contributed by atoms with Gasteiger partial charge in [0.2, 0.25) is 0 Å². The Labute approximate surface area is 216 Å². The smallest absolute Gasteiger partial charge is 0.309 e. The lowest BCUT2D eigenvalue weighted by Crippen LogP contribution is -2.66. The minimum atomic E-state index is -0.582. The fourth-order valence-corrected chi connectivity index (χ4v) is 10.5. The molecule has 3 aliphatic carbocycles. The molecule has 0 aromatic heterocycles.